The Bertz CT molecular complexity index is 1420. The number of hydrogen-bond donors (Lipinski definition) is 5. The Morgan fingerprint density at radius 3 is 2.21 bits per heavy atom. The van der Waals surface area contributed by atoms with E-state index in [1.165, 1.54) is 31.7 Å². The van der Waals surface area contributed by atoms with Gasteiger partial charge in [0.15, 0.2) is 0 Å². The Morgan fingerprint density at radius 2 is 1.55 bits per heavy atom. The maximum Gasteiger partial charge on any atom is 0.326 e. The van der Waals surface area contributed by atoms with Crippen LogP contribution >= 0.6 is 23.2 Å². The van der Waals surface area contributed by atoms with Crippen LogP contribution in [0.5, 0.6) is 0 Å². The summed E-state index contributed by atoms with van der Waals surface area (Å²) in [6, 6.07) is 11.0. The number of urea groups is 1. The number of carboxylic acid groups (broad SMARTS) is 1. The quantitative estimate of drug-likeness (QED) is 0.196. The predicted octanol–water partition coefficient (Wildman–Crippen LogP) is 5.77. The van der Waals surface area contributed by atoms with Crippen molar-refractivity contribution >= 4 is 58.4 Å². The Balaban J connectivity index is 1.34. The van der Waals surface area contributed by atoms with Crippen LogP contribution < -0.4 is 21.3 Å². The van der Waals surface area contributed by atoms with Gasteiger partial charge in [0, 0.05) is 31.0 Å². The minimum absolute atomic E-state index is 0.0253. The lowest BCUT2D eigenvalue weighted by Gasteiger charge is -2.22. The Morgan fingerprint density at radius 1 is 0.881 bits per heavy atom. The van der Waals surface area contributed by atoms with Crippen LogP contribution in [-0.2, 0) is 11.2 Å². The van der Waals surface area contributed by atoms with Crippen molar-refractivity contribution in [1.29, 1.82) is 0 Å². The van der Waals surface area contributed by atoms with Crippen molar-refractivity contribution in [3.63, 3.8) is 0 Å². The second kappa shape index (κ2) is 14.7. The number of pyridine rings is 1. The molecule has 0 saturated heterocycles. The van der Waals surface area contributed by atoms with Gasteiger partial charge >= 0.3 is 12.0 Å². The fourth-order valence-electron chi connectivity index (χ4n) is 4.81. The third kappa shape index (κ3) is 8.43. The van der Waals surface area contributed by atoms with Gasteiger partial charge in [-0.15, -0.1) is 0 Å². The molecule has 12 heteroatoms. The zero-order valence-corrected chi connectivity index (χ0v) is 24.2. The maximum atomic E-state index is 12.9. The molecule has 42 heavy (non-hydrogen) atoms. The molecule has 1 saturated carbocycles. The van der Waals surface area contributed by atoms with Crippen molar-refractivity contribution in [1.82, 2.24) is 15.6 Å². The highest BCUT2D eigenvalue weighted by Crippen LogP contribution is 2.25. The number of nitrogens with zero attached hydrogens (tertiary/aromatic N) is 1. The molecule has 5 N–H and O–H groups in total. The molecule has 0 bridgehead atoms. The summed E-state index contributed by atoms with van der Waals surface area (Å²) < 4.78 is 0. The maximum absolute atomic E-state index is 12.9. The molecule has 0 unspecified atom stereocenters. The van der Waals surface area contributed by atoms with E-state index in [1.54, 1.807) is 48.5 Å². The molecule has 3 aromatic rings. The SMILES string of the molecule is O=C(Nc1ccccc1C(=O)NCC1CCCCC1)N[C@@H](Cc1ccc(NC(=O)c2c(Cl)cncc2Cl)cc1)C(=O)O. The van der Waals surface area contributed by atoms with Gasteiger partial charge < -0.3 is 26.4 Å². The first-order chi connectivity index (χ1) is 20.2. The highest BCUT2D eigenvalue weighted by Gasteiger charge is 2.23. The molecule has 1 aromatic heterocycles. The van der Waals surface area contributed by atoms with Crippen LogP contribution in [0, 0.1) is 5.92 Å². The van der Waals surface area contributed by atoms with Crippen molar-refractivity contribution in [2.24, 2.45) is 5.92 Å². The number of aromatic nitrogens is 1. The molecule has 4 amide bonds. The average molecular weight is 613 g/mol. The normalized spacial score (nSPS) is 14.0. The fourth-order valence-corrected chi connectivity index (χ4v) is 5.35. The Hall–Kier alpha value is -4.15. The first-order valence-electron chi connectivity index (χ1n) is 13.6. The lowest BCUT2D eigenvalue weighted by atomic mass is 9.89. The topological polar surface area (TPSA) is 150 Å². The summed E-state index contributed by atoms with van der Waals surface area (Å²) in [5.74, 6) is -1.61. The number of amides is 4. The van der Waals surface area contributed by atoms with Crippen molar-refractivity contribution in [2.45, 2.75) is 44.6 Å². The lowest BCUT2D eigenvalue weighted by molar-refractivity contribution is -0.139. The van der Waals surface area contributed by atoms with Gasteiger partial charge in [-0.1, -0.05) is 66.7 Å². The summed E-state index contributed by atoms with van der Waals surface area (Å²) in [5, 5.41) is 20.7. The molecule has 4 rings (SSSR count). The molecule has 1 fully saturated rings. The Labute approximate surface area is 253 Å². The monoisotopic (exact) mass is 611 g/mol. The third-order valence-electron chi connectivity index (χ3n) is 7.03. The zero-order chi connectivity index (χ0) is 30.1. The molecule has 0 spiro atoms. The minimum atomic E-state index is -1.26. The Kier molecular flexibility index (Phi) is 10.7. The number of anilines is 2. The zero-order valence-electron chi connectivity index (χ0n) is 22.7. The summed E-state index contributed by atoms with van der Waals surface area (Å²) in [7, 11) is 0. The number of carbonyl (C=O) groups excluding carboxylic acids is 3. The summed E-state index contributed by atoms with van der Waals surface area (Å²) in [5.41, 5.74) is 1.69. The van der Waals surface area contributed by atoms with E-state index in [1.807, 2.05) is 0 Å². The average Bonchev–Trinajstić information content (AvgIpc) is 2.97. The third-order valence-corrected chi connectivity index (χ3v) is 7.60. The number of hydrogen-bond acceptors (Lipinski definition) is 5. The number of benzene rings is 2. The van der Waals surface area contributed by atoms with Crippen LogP contribution in [0.1, 0.15) is 58.4 Å². The molecule has 220 valence electrons. The van der Waals surface area contributed by atoms with Gasteiger partial charge in [0.05, 0.1) is 26.9 Å². The number of nitrogens with one attached hydrogen (secondary N) is 4. The summed E-state index contributed by atoms with van der Waals surface area (Å²) in [6.07, 6.45) is 8.34. The molecule has 1 aliphatic rings. The number of carboxylic acids is 1. The fraction of sp³-hybridized carbons (Fsp3) is 0.300. The van der Waals surface area contributed by atoms with Crippen LogP contribution in [0.3, 0.4) is 0 Å². The van der Waals surface area contributed by atoms with E-state index in [2.05, 4.69) is 26.3 Å². The number of aliphatic carboxylic acids is 1. The van der Waals surface area contributed by atoms with Crippen molar-refractivity contribution in [2.75, 3.05) is 17.2 Å². The molecule has 1 atom stereocenters. The van der Waals surface area contributed by atoms with Crippen LogP contribution in [0.2, 0.25) is 10.0 Å². The predicted molar refractivity (Wildman–Crippen MR) is 161 cm³/mol. The van der Waals surface area contributed by atoms with Crippen LogP contribution in [0.15, 0.2) is 60.9 Å². The molecule has 10 nitrogen and oxygen atoms in total. The lowest BCUT2D eigenvalue weighted by Crippen LogP contribution is -2.44. The van der Waals surface area contributed by atoms with E-state index in [0.29, 0.717) is 29.3 Å². The van der Waals surface area contributed by atoms with Gasteiger partial charge in [-0.2, -0.15) is 0 Å². The van der Waals surface area contributed by atoms with Gasteiger partial charge in [0.25, 0.3) is 11.8 Å². The molecule has 1 heterocycles. The van der Waals surface area contributed by atoms with E-state index in [0.717, 1.165) is 12.8 Å². The standard InChI is InChI=1S/C30H31Cl2N5O5/c31-22-16-33-17-23(32)26(22)28(39)35-20-12-10-18(11-13-20)14-25(29(40)41)37-30(42)36-24-9-5-4-8-21(24)27(38)34-15-19-6-2-1-3-7-19/h4-5,8-13,16-17,19,25H,1-3,6-7,14-15H2,(H,34,38)(H,35,39)(H,40,41)(H2,36,37,42)/t25-/m0/s1. The van der Waals surface area contributed by atoms with E-state index in [4.69, 9.17) is 23.2 Å². The van der Waals surface area contributed by atoms with E-state index in [-0.39, 0.29) is 33.6 Å². The van der Waals surface area contributed by atoms with Gasteiger partial charge in [-0.05, 0) is 48.6 Å². The minimum Gasteiger partial charge on any atom is -0.480 e. The van der Waals surface area contributed by atoms with Crippen LogP contribution in [0.4, 0.5) is 16.2 Å². The van der Waals surface area contributed by atoms with Crippen LogP contribution in [-0.4, -0.2) is 46.5 Å². The summed E-state index contributed by atoms with van der Waals surface area (Å²) in [6.45, 7) is 0.578. The van der Waals surface area contributed by atoms with Crippen molar-refractivity contribution in [3.8, 4) is 0 Å². The number of rotatable bonds is 10. The molecular formula is C30H31Cl2N5O5. The molecular weight excluding hydrogens is 581 g/mol. The highest BCUT2D eigenvalue weighted by atomic mass is 35.5. The smallest absolute Gasteiger partial charge is 0.326 e. The first-order valence-corrected chi connectivity index (χ1v) is 14.3. The van der Waals surface area contributed by atoms with Gasteiger partial charge in [-0.3, -0.25) is 14.6 Å². The second-order valence-electron chi connectivity index (χ2n) is 10.1. The second-order valence-corrected chi connectivity index (χ2v) is 10.9. The summed E-state index contributed by atoms with van der Waals surface area (Å²) >= 11 is 12.1. The van der Waals surface area contributed by atoms with Crippen molar-refractivity contribution < 1.29 is 24.3 Å². The van der Waals surface area contributed by atoms with E-state index < -0.39 is 23.9 Å². The van der Waals surface area contributed by atoms with Gasteiger partial charge in [0.1, 0.15) is 6.04 Å². The number of carbonyl (C=O) groups is 4. The van der Waals surface area contributed by atoms with Gasteiger partial charge in [-0.25, -0.2) is 9.59 Å². The van der Waals surface area contributed by atoms with Crippen molar-refractivity contribution in [3.05, 3.63) is 87.7 Å². The number of halogens is 2. The molecule has 2 aromatic carbocycles. The molecule has 0 aliphatic heterocycles. The van der Waals surface area contributed by atoms with Gasteiger partial charge in [0.2, 0.25) is 0 Å². The van der Waals surface area contributed by atoms with Crippen LogP contribution in [0.25, 0.3) is 0 Å². The molecule has 1 aliphatic carbocycles. The first kappa shape index (κ1) is 30.8. The highest BCUT2D eigenvalue weighted by molar-refractivity contribution is 6.40. The summed E-state index contributed by atoms with van der Waals surface area (Å²) in [4.78, 5) is 54.0. The van der Waals surface area contributed by atoms with E-state index >= 15 is 0 Å². The largest absolute Gasteiger partial charge is 0.480 e. The van der Waals surface area contributed by atoms with E-state index in [9.17, 15) is 24.3 Å². The number of para-hydroxylation sites is 1. The molecule has 0 radical (unpaired) electrons.